The van der Waals surface area contributed by atoms with Crippen LogP contribution in [0, 0.1) is 0 Å². The minimum atomic E-state index is 0.560. The van der Waals surface area contributed by atoms with Crippen LogP contribution in [0.25, 0.3) is 109 Å². The second-order valence-electron chi connectivity index (χ2n) is 13.0. The minimum Gasteiger partial charge on any atom is -0.455 e. The van der Waals surface area contributed by atoms with Gasteiger partial charge in [0.1, 0.15) is 16.0 Å². The molecule has 0 radical (unpaired) electrons. The van der Waals surface area contributed by atoms with Gasteiger partial charge in [-0.25, -0.2) is 19.9 Å². The lowest BCUT2D eigenvalue weighted by Gasteiger charge is -2.11. The molecular formula is C46H26N4OS. The van der Waals surface area contributed by atoms with Gasteiger partial charge in [-0.05, 0) is 40.4 Å². The first-order valence-corrected chi connectivity index (χ1v) is 18.0. The fourth-order valence-corrected chi connectivity index (χ4v) is 8.54. The number of hydrogen-bond donors (Lipinski definition) is 0. The molecule has 0 amide bonds. The van der Waals surface area contributed by atoms with Crippen LogP contribution in [0.1, 0.15) is 0 Å². The molecule has 0 saturated carbocycles. The van der Waals surface area contributed by atoms with E-state index in [1.165, 1.54) is 26.2 Å². The highest BCUT2D eigenvalue weighted by Crippen LogP contribution is 2.41. The highest BCUT2D eigenvalue weighted by molar-refractivity contribution is 7.25. The molecule has 0 fully saturated rings. The van der Waals surface area contributed by atoms with Crippen LogP contribution in [0.3, 0.4) is 0 Å². The normalized spacial score (nSPS) is 11.8. The van der Waals surface area contributed by atoms with Crippen LogP contribution in [0.5, 0.6) is 0 Å². The largest absolute Gasteiger partial charge is 0.455 e. The number of pyridine rings is 1. The third-order valence-electron chi connectivity index (χ3n) is 9.95. The number of furan rings is 1. The summed E-state index contributed by atoms with van der Waals surface area (Å²) in [5.41, 5.74) is 6.22. The van der Waals surface area contributed by atoms with E-state index >= 15 is 0 Å². The van der Waals surface area contributed by atoms with Crippen molar-refractivity contribution in [1.82, 2.24) is 19.9 Å². The summed E-state index contributed by atoms with van der Waals surface area (Å²) in [6, 6.07) is 54.5. The summed E-state index contributed by atoms with van der Waals surface area (Å²) in [5.74, 6) is 1.75. The Morgan fingerprint density at radius 3 is 1.92 bits per heavy atom. The lowest BCUT2D eigenvalue weighted by atomic mass is 10.00. The van der Waals surface area contributed by atoms with Crippen molar-refractivity contribution >= 4 is 75.1 Å². The van der Waals surface area contributed by atoms with Crippen molar-refractivity contribution in [2.45, 2.75) is 0 Å². The van der Waals surface area contributed by atoms with Gasteiger partial charge >= 0.3 is 0 Å². The van der Waals surface area contributed by atoms with E-state index in [9.17, 15) is 0 Å². The number of aromatic nitrogens is 4. The number of hydrogen-bond acceptors (Lipinski definition) is 6. The third-order valence-corrected chi connectivity index (χ3v) is 11.0. The lowest BCUT2D eigenvalue weighted by molar-refractivity contribution is 0.669. The minimum absolute atomic E-state index is 0.560. The molecule has 0 bridgehead atoms. The van der Waals surface area contributed by atoms with Crippen LogP contribution in [0.4, 0.5) is 0 Å². The maximum absolute atomic E-state index is 6.43. The predicted octanol–water partition coefficient (Wildman–Crippen LogP) is 12.5. The molecule has 52 heavy (non-hydrogen) atoms. The van der Waals surface area contributed by atoms with Gasteiger partial charge in [0, 0.05) is 48.3 Å². The van der Waals surface area contributed by atoms with E-state index in [0.29, 0.717) is 17.5 Å². The molecule has 0 saturated heterocycles. The van der Waals surface area contributed by atoms with Crippen LogP contribution in [-0.2, 0) is 0 Å². The van der Waals surface area contributed by atoms with Gasteiger partial charge in [-0.15, -0.1) is 11.3 Å². The lowest BCUT2D eigenvalue weighted by Crippen LogP contribution is -2.00. The van der Waals surface area contributed by atoms with Gasteiger partial charge in [-0.3, -0.25) is 0 Å². The predicted molar refractivity (Wildman–Crippen MR) is 215 cm³/mol. The zero-order chi connectivity index (χ0) is 34.2. The molecule has 4 aromatic heterocycles. The fourth-order valence-electron chi connectivity index (χ4n) is 7.44. The Morgan fingerprint density at radius 2 is 1.06 bits per heavy atom. The summed E-state index contributed by atoms with van der Waals surface area (Å²) >= 11 is 1.74. The molecule has 5 nitrogen and oxygen atoms in total. The van der Waals surface area contributed by atoms with Crippen molar-refractivity contribution in [3.63, 3.8) is 0 Å². The highest BCUT2D eigenvalue weighted by atomic mass is 32.1. The molecule has 0 spiro atoms. The summed E-state index contributed by atoms with van der Waals surface area (Å²) in [4.78, 5) is 21.6. The zero-order valence-electron chi connectivity index (χ0n) is 27.6. The molecule has 0 aliphatic carbocycles. The summed E-state index contributed by atoms with van der Waals surface area (Å²) in [7, 11) is 0. The summed E-state index contributed by atoms with van der Waals surface area (Å²) in [6.07, 6.45) is 0. The molecule has 4 heterocycles. The molecule has 6 heteroatoms. The summed E-state index contributed by atoms with van der Waals surface area (Å²) < 4.78 is 7.67. The van der Waals surface area contributed by atoms with E-state index < -0.39 is 0 Å². The Labute approximate surface area is 301 Å². The highest BCUT2D eigenvalue weighted by Gasteiger charge is 2.19. The number of rotatable bonds is 4. The summed E-state index contributed by atoms with van der Waals surface area (Å²) in [5, 5.41) is 9.20. The molecule has 0 atom stereocenters. The molecular weight excluding hydrogens is 657 g/mol. The van der Waals surface area contributed by atoms with Gasteiger partial charge < -0.3 is 4.42 Å². The van der Waals surface area contributed by atoms with Gasteiger partial charge in [-0.1, -0.05) is 133 Å². The monoisotopic (exact) mass is 682 g/mol. The molecule has 11 rings (SSSR count). The molecule has 0 aliphatic heterocycles. The molecule has 0 N–H and O–H groups in total. The zero-order valence-corrected chi connectivity index (χ0v) is 28.4. The Kier molecular flexibility index (Phi) is 6.35. The molecule has 7 aromatic carbocycles. The molecule has 0 aliphatic rings. The van der Waals surface area contributed by atoms with Crippen LogP contribution >= 0.6 is 11.3 Å². The Bertz CT molecular complexity index is 3200. The quantitative estimate of drug-likeness (QED) is 0.185. The van der Waals surface area contributed by atoms with Gasteiger partial charge in [0.2, 0.25) is 0 Å². The second-order valence-corrected chi connectivity index (χ2v) is 14.0. The molecule has 11 aromatic rings. The Hall–Kier alpha value is -6.76. The van der Waals surface area contributed by atoms with E-state index in [0.717, 1.165) is 65.5 Å². The number of benzene rings is 7. The fraction of sp³-hybridized carbons (Fsp3) is 0. The van der Waals surface area contributed by atoms with Gasteiger partial charge in [-0.2, -0.15) is 0 Å². The van der Waals surface area contributed by atoms with E-state index in [2.05, 4.69) is 127 Å². The first-order valence-electron chi connectivity index (χ1n) is 17.2. The van der Waals surface area contributed by atoms with Crippen LogP contribution in [0.15, 0.2) is 162 Å². The van der Waals surface area contributed by atoms with Crippen molar-refractivity contribution in [3.05, 3.63) is 158 Å². The average Bonchev–Trinajstić information content (AvgIpc) is 3.79. The van der Waals surface area contributed by atoms with Crippen molar-refractivity contribution in [2.24, 2.45) is 0 Å². The number of thiophene rings is 1. The number of nitrogens with zero attached hydrogens (tertiary/aromatic N) is 4. The average molecular weight is 683 g/mol. The van der Waals surface area contributed by atoms with Gasteiger partial charge in [0.05, 0.1) is 11.3 Å². The summed E-state index contributed by atoms with van der Waals surface area (Å²) in [6.45, 7) is 0. The van der Waals surface area contributed by atoms with E-state index in [4.69, 9.17) is 24.4 Å². The first kappa shape index (κ1) is 29.0. The first-order chi connectivity index (χ1) is 25.7. The maximum atomic E-state index is 6.43. The number of fused-ring (bicyclic) bond motifs is 9. The van der Waals surface area contributed by atoms with Gasteiger partial charge in [0.15, 0.2) is 17.5 Å². The number of para-hydroxylation sites is 2. The maximum Gasteiger partial charge on any atom is 0.167 e. The van der Waals surface area contributed by atoms with Gasteiger partial charge in [0.25, 0.3) is 0 Å². The SMILES string of the molecule is c1ccc2cc(-c3nc(-c4ccc(-c5nc6sc7ccccc7c6c6ccccc56)cc4)nc(-c4cccc5c4oc4ccccc45)n3)ccc2c1. The van der Waals surface area contributed by atoms with Crippen molar-refractivity contribution in [3.8, 4) is 45.4 Å². The van der Waals surface area contributed by atoms with Crippen molar-refractivity contribution in [2.75, 3.05) is 0 Å². The topological polar surface area (TPSA) is 64.7 Å². The van der Waals surface area contributed by atoms with Crippen molar-refractivity contribution < 1.29 is 4.42 Å². The Morgan fingerprint density at radius 1 is 0.423 bits per heavy atom. The second kappa shape index (κ2) is 11.4. The van der Waals surface area contributed by atoms with Crippen LogP contribution in [-0.4, -0.2) is 19.9 Å². The smallest absolute Gasteiger partial charge is 0.167 e. The van der Waals surface area contributed by atoms with E-state index in [-0.39, 0.29) is 0 Å². The Balaban J connectivity index is 1.08. The van der Waals surface area contributed by atoms with E-state index in [1.807, 2.05) is 30.3 Å². The standard InChI is InChI=1S/C46H26N4OS/c1-2-11-30-26-31(25-20-27(30)10-1)44-48-43(49-45(50-44)37-17-9-16-35-32-12-5-7-18-38(32)51-42(35)37)29-23-21-28(22-24-29)41-34-14-4-3-13-33(34)40-36-15-6-8-19-39(36)52-46(40)47-41/h1-26H. The van der Waals surface area contributed by atoms with Crippen molar-refractivity contribution in [1.29, 1.82) is 0 Å². The van der Waals surface area contributed by atoms with Crippen LogP contribution in [0.2, 0.25) is 0 Å². The van der Waals surface area contributed by atoms with E-state index in [1.54, 1.807) is 11.3 Å². The third kappa shape index (κ3) is 4.55. The molecule has 0 unspecified atom stereocenters. The molecule has 242 valence electrons. The van der Waals surface area contributed by atoms with Crippen LogP contribution < -0.4 is 0 Å².